The maximum absolute atomic E-state index is 10.8. The molecule has 0 radical (unpaired) electrons. The van der Waals surface area contributed by atoms with Gasteiger partial charge in [-0.3, -0.25) is 4.79 Å². The molecular weight excluding hydrogens is 210 g/mol. The summed E-state index contributed by atoms with van der Waals surface area (Å²) in [6, 6.07) is -1.15. The summed E-state index contributed by atoms with van der Waals surface area (Å²) >= 11 is 0. The molecule has 1 fully saturated rings. The Morgan fingerprint density at radius 3 is 2.88 bits per heavy atom. The Bertz CT molecular complexity index is 418. The molecule has 86 valence electrons. The van der Waals surface area contributed by atoms with Crippen molar-refractivity contribution in [2.75, 3.05) is 7.11 Å². The van der Waals surface area contributed by atoms with E-state index in [1.807, 2.05) is 0 Å². The SMILES string of the molecule is COc1nc(C2CC2)ncc1C(N)C(=O)O. The van der Waals surface area contributed by atoms with E-state index in [9.17, 15) is 4.79 Å². The van der Waals surface area contributed by atoms with Gasteiger partial charge >= 0.3 is 5.97 Å². The fraction of sp³-hybridized carbons (Fsp3) is 0.500. The molecule has 0 aliphatic heterocycles. The largest absolute Gasteiger partial charge is 0.481 e. The number of carboxylic acids is 1. The van der Waals surface area contributed by atoms with Gasteiger partial charge in [-0.1, -0.05) is 0 Å². The van der Waals surface area contributed by atoms with Gasteiger partial charge in [0.2, 0.25) is 5.88 Å². The molecule has 0 amide bonds. The van der Waals surface area contributed by atoms with Gasteiger partial charge in [0.15, 0.2) is 0 Å². The molecule has 1 aromatic rings. The van der Waals surface area contributed by atoms with E-state index in [4.69, 9.17) is 15.6 Å². The standard InChI is InChI=1S/C10H13N3O3/c1-16-9-6(7(11)10(14)15)4-12-8(13-9)5-2-3-5/h4-5,7H,2-3,11H2,1H3,(H,14,15). The van der Waals surface area contributed by atoms with Crippen molar-refractivity contribution in [3.63, 3.8) is 0 Å². The minimum Gasteiger partial charge on any atom is -0.481 e. The minimum absolute atomic E-state index is 0.256. The first-order chi connectivity index (χ1) is 7.63. The highest BCUT2D eigenvalue weighted by Gasteiger charge is 2.29. The summed E-state index contributed by atoms with van der Waals surface area (Å²) in [5.74, 6) is 0.232. The lowest BCUT2D eigenvalue weighted by atomic mass is 10.1. The molecule has 1 aliphatic rings. The fourth-order valence-corrected chi connectivity index (χ4v) is 1.44. The van der Waals surface area contributed by atoms with Crippen molar-refractivity contribution < 1.29 is 14.6 Å². The van der Waals surface area contributed by atoms with Crippen molar-refractivity contribution >= 4 is 5.97 Å². The van der Waals surface area contributed by atoms with Crippen LogP contribution in [0.25, 0.3) is 0 Å². The average molecular weight is 223 g/mol. The number of hydrogen-bond donors (Lipinski definition) is 2. The molecular formula is C10H13N3O3. The zero-order chi connectivity index (χ0) is 11.7. The molecule has 1 saturated carbocycles. The average Bonchev–Trinajstić information content (AvgIpc) is 3.11. The lowest BCUT2D eigenvalue weighted by Crippen LogP contribution is -2.22. The number of carboxylic acid groups (broad SMARTS) is 1. The lowest BCUT2D eigenvalue weighted by Gasteiger charge is -2.11. The Balaban J connectivity index is 2.33. The number of ether oxygens (including phenoxy) is 1. The molecule has 0 spiro atoms. The van der Waals surface area contributed by atoms with Crippen LogP contribution in [0.4, 0.5) is 0 Å². The molecule has 1 heterocycles. The van der Waals surface area contributed by atoms with E-state index in [0.29, 0.717) is 17.3 Å². The highest BCUT2D eigenvalue weighted by atomic mass is 16.5. The Kier molecular flexibility index (Phi) is 2.74. The number of rotatable bonds is 4. The van der Waals surface area contributed by atoms with Gasteiger partial charge in [0, 0.05) is 12.1 Å². The van der Waals surface area contributed by atoms with Crippen molar-refractivity contribution in [1.82, 2.24) is 9.97 Å². The van der Waals surface area contributed by atoms with Crippen LogP contribution >= 0.6 is 0 Å². The van der Waals surface area contributed by atoms with Crippen LogP contribution in [0.5, 0.6) is 5.88 Å². The lowest BCUT2D eigenvalue weighted by molar-refractivity contribution is -0.138. The number of carbonyl (C=O) groups is 1. The topological polar surface area (TPSA) is 98.3 Å². The number of methoxy groups -OCH3 is 1. The quantitative estimate of drug-likeness (QED) is 0.768. The van der Waals surface area contributed by atoms with Gasteiger partial charge in [0.05, 0.1) is 12.7 Å². The molecule has 6 nitrogen and oxygen atoms in total. The highest BCUT2D eigenvalue weighted by molar-refractivity contribution is 5.75. The maximum Gasteiger partial charge on any atom is 0.325 e. The third kappa shape index (κ3) is 1.96. The molecule has 0 saturated heterocycles. The van der Waals surface area contributed by atoms with Crippen molar-refractivity contribution in [2.45, 2.75) is 24.8 Å². The summed E-state index contributed by atoms with van der Waals surface area (Å²) in [6.07, 6.45) is 3.60. The van der Waals surface area contributed by atoms with E-state index in [2.05, 4.69) is 9.97 Å². The van der Waals surface area contributed by atoms with Crippen LogP contribution in [0.1, 0.15) is 36.2 Å². The fourth-order valence-electron chi connectivity index (χ4n) is 1.44. The van der Waals surface area contributed by atoms with Gasteiger partial charge in [0.1, 0.15) is 11.9 Å². The van der Waals surface area contributed by atoms with E-state index >= 15 is 0 Å². The zero-order valence-electron chi connectivity index (χ0n) is 8.88. The molecule has 0 bridgehead atoms. The van der Waals surface area contributed by atoms with Crippen LogP contribution < -0.4 is 10.5 Å². The molecule has 0 aromatic carbocycles. The van der Waals surface area contributed by atoms with Gasteiger partial charge < -0.3 is 15.6 Å². The van der Waals surface area contributed by atoms with Crippen molar-refractivity contribution in [3.8, 4) is 5.88 Å². The minimum atomic E-state index is -1.15. The Morgan fingerprint density at radius 2 is 2.38 bits per heavy atom. The number of aromatic nitrogens is 2. The molecule has 16 heavy (non-hydrogen) atoms. The van der Waals surface area contributed by atoms with E-state index in [1.54, 1.807) is 0 Å². The third-order valence-electron chi connectivity index (χ3n) is 2.54. The summed E-state index contributed by atoms with van der Waals surface area (Å²) in [6.45, 7) is 0. The second-order valence-electron chi connectivity index (χ2n) is 3.78. The van der Waals surface area contributed by atoms with Crippen molar-refractivity contribution in [3.05, 3.63) is 17.6 Å². The van der Waals surface area contributed by atoms with Gasteiger partial charge in [-0.15, -0.1) is 0 Å². The Labute approximate surface area is 92.5 Å². The van der Waals surface area contributed by atoms with Gasteiger partial charge in [-0.05, 0) is 12.8 Å². The number of nitrogens with two attached hydrogens (primary N) is 1. The van der Waals surface area contributed by atoms with Crippen LogP contribution in [0.2, 0.25) is 0 Å². The number of hydrogen-bond acceptors (Lipinski definition) is 5. The first kappa shape index (κ1) is 10.8. The van der Waals surface area contributed by atoms with Crippen LogP contribution in [0, 0.1) is 0 Å². The zero-order valence-corrected chi connectivity index (χ0v) is 8.88. The predicted molar refractivity (Wildman–Crippen MR) is 55.1 cm³/mol. The molecule has 6 heteroatoms. The summed E-state index contributed by atoms with van der Waals surface area (Å²) in [4.78, 5) is 19.1. The van der Waals surface area contributed by atoms with E-state index in [0.717, 1.165) is 12.8 Å². The van der Waals surface area contributed by atoms with Crippen LogP contribution in [0.3, 0.4) is 0 Å². The third-order valence-corrected chi connectivity index (χ3v) is 2.54. The van der Waals surface area contributed by atoms with E-state index < -0.39 is 12.0 Å². The molecule has 2 rings (SSSR count). The summed E-state index contributed by atoms with van der Waals surface area (Å²) in [7, 11) is 1.44. The van der Waals surface area contributed by atoms with Gasteiger partial charge in [-0.2, -0.15) is 4.98 Å². The first-order valence-electron chi connectivity index (χ1n) is 5.02. The first-order valence-corrected chi connectivity index (χ1v) is 5.02. The van der Waals surface area contributed by atoms with Crippen LogP contribution in [0.15, 0.2) is 6.20 Å². The van der Waals surface area contributed by atoms with E-state index in [-0.39, 0.29) is 5.88 Å². The second kappa shape index (κ2) is 4.05. The molecule has 1 aromatic heterocycles. The normalized spacial score (nSPS) is 16.9. The molecule has 1 unspecified atom stereocenters. The number of nitrogens with zero attached hydrogens (tertiary/aromatic N) is 2. The Hall–Kier alpha value is -1.69. The van der Waals surface area contributed by atoms with Crippen molar-refractivity contribution in [2.24, 2.45) is 5.73 Å². The Morgan fingerprint density at radius 1 is 1.69 bits per heavy atom. The van der Waals surface area contributed by atoms with Gasteiger partial charge in [0.25, 0.3) is 0 Å². The maximum atomic E-state index is 10.8. The monoisotopic (exact) mass is 223 g/mol. The van der Waals surface area contributed by atoms with Gasteiger partial charge in [-0.25, -0.2) is 4.98 Å². The molecule has 3 N–H and O–H groups in total. The summed E-state index contributed by atoms with van der Waals surface area (Å²) in [5, 5.41) is 8.81. The number of aliphatic carboxylic acids is 1. The van der Waals surface area contributed by atoms with Crippen LogP contribution in [-0.2, 0) is 4.79 Å². The summed E-state index contributed by atoms with van der Waals surface area (Å²) < 4.78 is 5.04. The summed E-state index contributed by atoms with van der Waals surface area (Å²) in [5.41, 5.74) is 5.80. The molecule has 1 atom stereocenters. The predicted octanol–water partition coefficient (Wildman–Crippen LogP) is 0.447. The van der Waals surface area contributed by atoms with Crippen LogP contribution in [-0.4, -0.2) is 28.2 Å². The second-order valence-corrected chi connectivity index (χ2v) is 3.78. The molecule has 1 aliphatic carbocycles. The van der Waals surface area contributed by atoms with Crippen molar-refractivity contribution in [1.29, 1.82) is 0 Å². The smallest absolute Gasteiger partial charge is 0.325 e. The highest BCUT2D eigenvalue weighted by Crippen LogP contribution is 2.39. The van der Waals surface area contributed by atoms with E-state index in [1.165, 1.54) is 13.3 Å².